The van der Waals surface area contributed by atoms with Gasteiger partial charge in [0.2, 0.25) is 5.91 Å². The minimum absolute atomic E-state index is 0.179. The predicted octanol–water partition coefficient (Wildman–Crippen LogP) is 1.06. The van der Waals surface area contributed by atoms with Crippen LogP contribution in [0.1, 0.15) is 23.9 Å². The highest BCUT2D eigenvalue weighted by molar-refractivity contribution is 5.80. The molecule has 1 amide bonds. The Morgan fingerprint density at radius 2 is 2.42 bits per heavy atom. The lowest BCUT2D eigenvalue weighted by molar-refractivity contribution is -0.124. The van der Waals surface area contributed by atoms with Crippen LogP contribution in [0.15, 0.2) is 24.3 Å². The van der Waals surface area contributed by atoms with E-state index >= 15 is 0 Å². The number of rotatable bonds is 6. The second kappa shape index (κ2) is 7.48. The number of carbonyl (C=O) groups excluding carboxylic acids is 1. The average Bonchev–Trinajstić information content (AvgIpc) is 3.22. The van der Waals surface area contributed by atoms with Gasteiger partial charge in [0.05, 0.1) is 6.61 Å². The van der Waals surface area contributed by atoms with Crippen LogP contribution in [0, 0.1) is 18.7 Å². The Hall–Kier alpha value is -2.35. The van der Waals surface area contributed by atoms with Gasteiger partial charge in [-0.15, -0.1) is 5.10 Å². The predicted molar refractivity (Wildman–Crippen MR) is 83.6 cm³/mol. The lowest BCUT2D eigenvalue weighted by Crippen LogP contribution is -2.37. The van der Waals surface area contributed by atoms with Crippen molar-refractivity contribution < 1.29 is 13.9 Å². The Balaban J connectivity index is 1.74. The number of aryl methyl sites for hydroxylation is 1. The van der Waals surface area contributed by atoms with Crippen LogP contribution in [0.4, 0.5) is 4.39 Å². The number of nitrogens with one attached hydrogen (secondary N) is 1. The van der Waals surface area contributed by atoms with Gasteiger partial charge in [0, 0.05) is 25.5 Å². The summed E-state index contributed by atoms with van der Waals surface area (Å²) in [6.45, 7) is 3.69. The van der Waals surface area contributed by atoms with Gasteiger partial charge in [-0.25, -0.2) is 9.07 Å². The summed E-state index contributed by atoms with van der Waals surface area (Å²) in [7, 11) is 0. The Labute approximate surface area is 139 Å². The van der Waals surface area contributed by atoms with E-state index in [1.807, 2.05) is 0 Å². The Bertz CT molecular complexity index is 699. The minimum atomic E-state index is -0.621. The molecule has 0 bridgehead atoms. The number of amides is 1. The van der Waals surface area contributed by atoms with E-state index in [9.17, 15) is 9.18 Å². The molecular formula is C16H20FN5O2. The summed E-state index contributed by atoms with van der Waals surface area (Å²) >= 11 is 0. The third-order valence-electron chi connectivity index (χ3n) is 4.16. The number of nitrogens with zero attached hydrogens (tertiary/aromatic N) is 4. The lowest BCUT2D eigenvalue weighted by Gasteiger charge is -2.19. The third kappa shape index (κ3) is 3.94. The quantitative estimate of drug-likeness (QED) is 0.855. The van der Waals surface area contributed by atoms with Crippen LogP contribution >= 0.6 is 0 Å². The molecule has 0 saturated carbocycles. The van der Waals surface area contributed by atoms with E-state index in [4.69, 9.17) is 4.74 Å². The SMILES string of the molecule is Cc1nnnn1[C@@H](Cc1cccc(F)c1)C(=O)NC[C@H]1CCOC1. The zero-order valence-electron chi connectivity index (χ0n) is 13.5. The molecule has 7 nitrogen and oxygen atoms in total. The monoisotopic (exact) mass is 333 g/mol. The molecule has 0 spiro atoms. The van der Waals surface area contributed by atoms with E-state index in [2.05, 4.69) is 20.8 Å². The molecule has 0 unspecified atom stereocenters. The van der Waals surface area contributed by atoms with Crippen LogP contribution < -0.4 is 5.32 Å². The van der Waals surface area contributed by atoms with Crippen molar-refractivity contribution in [2.75, 3.05) is 19.8 Å². The van der Waals surface area contributed by atoms with Crippen LogP contribution in [0.25, 0.3) is 0 Å². The maximum absolute atomic E-state index is 13.4. The molecule has 8 heteroatoms. The molecule has 1 aromatic heterocycles. The molecule has 2 atom stereocenters. The number of hydrogen-bond donors (Lipinski definition) is 1. The van der Waals surface area contributed by atoms with E-state index in [0.29, 0.717) is 36.9 Å². The standard InChI is InChI=1S/C16H20FN5O2/c1-11-19-20-21-22(11)15(8-12-3-2-4-14(17)7-12)16(23)18-9-13-5-6-24-10-13/h2-4,7,13,15H,5-6,8-10H2,1H3,(H,18,23)/t13-,15+/m1/s1. The first-order valence-electron chi connectivity index (χ1n) is 7.98. The third-order valence-corrected chi connectivity index (χ3v) is 4.16. The van der Waals surface area contributed by atoms with E-state index in [1.165, 1.54) is 16.8 Å². The molecule has 1 N–H and O–H groups in total. The largest absolute Gasteiger partial charge is 0.381 e. The first-order chi connectivity index (χ1) is 11.6. The summed E-state index contributed by atoms with van der Waals surface area (Å²) in [6, 6.07) is 5.59. The van der Waals surface area contributed by atoms with Crippen LogP contribution in [-0.4, -0.2) is 45.9 Å². The van der Waals surface area contributed by atoms with Gasteiger partial charge < -0.3 is 10.1 Å². The molecule has 1 aromatic carbocycles. The fourth-order valence-electron chi connectivity index (χ4n) is 2.81. The number of hydrogen-bond acceptors (Lipinski definition) is 5. The molecule has 1 aliphatic heterocycles. The van der Waals surface area contributed by atoms with Gasteiger partial charge in [-0.05, 0) is 41.5 Å². The molecule has 2 aromatic rings. The number of carbonyl (C=O) groups is 1. The Kier molecular flexibility index (Phi) is 5.14. The van der Waals surface area contributed by atoms with E-state index < -0.39 is 6.04 Å². The summed E-state index contributed by atoms with van der Waals surface area (Å²) in [5.74, 6) is 0.360. The highest BCUT2D eigenvalue weighted by Gasteiger charge is 2.25. The molecule has 3 rings (SSSR count). The number of benzene rings is 1. The molecule has 24 heavy (non-hydrogen) atoms. The number of aromatic nitrogens is 4. The summed E-state index contributed by atoms with van der Waals surface area (Å²) in [6.07, 6.45) is 1.26. The topological polar surface area (TPSA) is 81.9 Å². The van der Waals surface area contributed by atoms with Crippen LogP contribution in [-0.2, 0) is 16.0 Å². The van der Waals surface area contributed by atoms with Gasteiger partial charge in [0.25, 0.3) is 0 Å². The van der Waals surface area contributed by atoms with Crippen molar-refractivity contribution in [2.45, 2.75) is 25.8 Å². The molecule has 0 aliphatic carbocycles. The molecule has 1 fully saturated rings. The maximum Gasteiger partial charge on any atom is 0.245 e. The van der Waals surface area contributed by atoms with Crippen molar-refractivity contribution in [2.24, 2.45) is 5.92 Å². The van der Waals surface area contributed by atoms with Gasteiger partial charge in [-0.1, -0.05) is 12.1 Å². The van der Waals surface area contributed by atoms with Gasteiger partial charge in [-0.2, -0.15) is 0 Å². The van der Waals surface area contributed by atoms with Crippen molar-refractivity contribution in [3.8, 4) is 0 Å². The summed E-state index contributed by atoms with van der Waals surface area (Å²) in [5, 5.41) is 14.3. The van der Waals surface area contributed by atoms with Gasteiger partial charge in [0.1, 0.15) is 17.7 Å². The van der Waals surface area contributed by atoms with Gasteiger partial charge in [-0.3, -0.25) is 4.79 Å². The van der Waals surface area contributed by atoms with Crippen molar-refractivity contribution in [1.82, 2.24) is 25.5 Å². The fraction of sp³-hybridized carbons (Fsp3) is 0.500. The molecule has 2 heterocycles. The second-order valence-corrected chi connectivity index (χ2v) is 6.00. The number of halogens is 1. The Morgan fingerprint density at radius 1 is 1.54 bits per heavy atom. The minimum Gasteiger partial charge on any atom is -0.381 e. The van der Waals surface area contributed by atoms with Gasteiger partial charge >= 0.3 is 0 Å². The average molecular weight is 333 g/mol. The molecule has 1 aliphatic rings. The summed E-state index contributed by atoms with van der Waals surface area (Å²) in [4.78, 5) is 12.7. The zero-order valence-corrected chi connectivity index (χ0v) is 13.5. The first-order valence-corrected chi connectivity index (χ1v) is 7.98. The highest BCUT2D eigenvalue weighted by Crippen LogP contribution is 2.17. The molecular weight excluding hydrogens is 313 g/mol. The first kappa shape index (κ1) is 16.5. The van der Waals surface area contributed by atoms with E-state index in [0.717, 1.165) is 13.0 Å². The number of ether oxygens (including phenoxy) is 1. The van der Waals surface area contributed by atoms with Crippen molar-refractivity contribution in [1.29, 1.82) is 0 Å². The normalized spacial score (nSPS) is 18.5. The van der Waals surface area contributed by atoms with Crippen molar-refractivity contribution in [3.63, 3.8) is 0 Å². The van der Waals surface area contributed by atoms with Crippen molar-refractivity contribution in [3.05, 3.63) is 41.5 Å². The zero-order chi connectivity index (χ0) is 16.9. The molecule has 1 saturated heterocycles. The van der Waals surface area contributed by atoms with Crippen molar-refractivity contribution >= 4 is 5.91 Å². The molecule has 0 radical (unpaired) electrons. The van der Waals surface area contributed by atoms with Crippen LogP contribution in [0.3, 0.4) is 0 Å². The maximum atomic E-state index is 13.4. The summed E-state index contributed by atoms with van der Waals surface area (Å²) in [5.41, 5.74) is 0.717. The Morgan fingerprint density at radius 3 is 3.08 bits per heavy atom. The smallest absolute Gasteiger partial charge is 0.245 e. The summed E-state index contributed by atoms with van der Waals surface area (Å²) < 4.78 is 20.2. The van der Waals surface area contributed by atoms with E-state index in [1.54, 1.807) is 19.1 Å². The molecule has 128 valence electrons. The second-order valence-electron chi connectivity index (χ2n) is 6.00. The lowest BCUT2D eigenvalue weighted by atomic mass is 10.0. The number of tetrazole rings is 1. The van der Waals surface area contributed by atoms with Crippen LogP contribution in [0.5, 0.6) is 0 Å². The van der Waals surface area contributed by atoms with E-state index in [-0.39, 0.29) is 11.7 Å². The highest BCUT2D eigenvalue weighted by atomic mass is 19.1. The van der Waals surface area contributed by atoms with Crippen LogP contribution in [0.2, 0.25) is 0 Å². The van der Waals surface area contributed by atoms with Gasteiger partial charge in [0.15, 0.2) is 0 Å². The fourth-order valence-corrected chi connectivity index (χ4v) is 2.81.